The van der Waals surface area contributed by atoms with Gasteiger partial charge in [0.2, 0.25) is 0 Å². The Bertz CT molecular complexity index is 697. The summed E-state index contributed by atoms with van der Waals surface area (Å²) in [6, 6.07) is 3.63. The molecule has 0 radical (unpaired) electrons. The van der Waals surface area contributed by atoms with Gasteiger partial charge in [-0.25, -0.2) is 14.4 Å². The maximum absolute atomic E-state index is 11.8. The number of nitrogens with zero attached hydrogens (tertiary/aromatic N) is 1. The molecule has 0 aliphatic carbocycles. The second-order valence-electron chi connectivity index (χ2n) is 6.24. The summed E-state index contributed by atoms with van der Waals surface area (Å²) in [5, 5.41) is 15.1. The standard InChI is InChI=1S/C16H21N3O8/c1-16(2,3)27-15(22)18-12(13(20)25-4)9-17-14(21)26-11-7-5-10(6-8-11)19(23)24/h5-8,12H,9H2,1-4H3,(H,17,21)(H,18,22)/t12-/m0/s1. The number of nitro benzene ring substituents is 1. The summed E-state index contributed by atoms with van der Waals surface area (Å²) in [7, 11) is 1.13. The van der Waals surface area contributed by atoms with Crippen molar-refractivity contribution < 1.29 is 33.5 Å². The maximum atomic E-state index is 11.8. The van der Waals surface area contributed by atoms with Gasteiger partial charge in [-0.1, -0.05) is 0 Å². The van der Waals surface area contributed by atoms with Crippen LogP contribution in [0, 0.1) is 10.1 Å². The molecule has 0 saturated heterocycles. The third-order valence-electron chi connectivity index (χ3n) is 2.89. The van der Waals surface area contributed by atoms with Crippen LogP contribution in [0.4, 0.5) is 15.3 Å². The summed E-state index contributed by atoms with van der Waals surface area (Å²) in [5.41, 5.74) is -0.928. The lowest BCUT2D eigenvalue weighted by Crippen LogP contribution is -2.50. The van der Waals surface area contributed by atoms with Gasteiger partial charge in [0, 0.05) is 12.1 Å². The Labute approximate surface area is 155 Å². The van der Waals surface area contributed by atoms with Crippen molar-refractivity contribution in [2.45, 2.75) is 32.4 Å². The van der Waals surface area contributed by atoms with E-state index in [-0.39, 0.29) is 18.0 Å². The molecule has 2 amide bonds. The molecule has 1 atom stereocenters. The number of alkyl carbamates (subject to hydrolysis) is 1. The molecule has 11 nitrogen and oxygen atoms in total. The molecule has 0 saturated carbocycles. The van der Waals surface area contributed by atoms with E-state index in [0.29, 0.717) is 0 Å². The summed E-state index contributed by atoms with van der Waals surface area (Å²) < 4.78 is 14.5. The first-order chi connectivity index (χ1) is 12.5. The minimum absolute atomic E-state index is 0.0628. The smallest absolute Gasteiger partial charge is 0.412 e. The molecule has 1 aromatic rings. The van der Waals surface area contributed by atoms with Crippen LogP contribution in [0.15, 0.2) is 24.3 Å². The average Bonchev–Trinajstić information content (AvgIpc) is 2.56. The van der Waals surface area contributed by atoms with Crippen LogP contribution in [0.5, 0.6) is 5.75 Å². The Kier molecular flexibility index (Phi) is 7.51. The Morgan fingerprint density at radius 2 is 1.74 bits per heavy atom. The highest BCUT2D eigenvalue weighted by molar-refractivity contribution is 5.82. The number of ether oxygens (including phenoxy) is 3. The van der Waals surface area contributed by atoms with Crippen molar-refractivity contribution in [3.05, 3.63) is 34.4 Å². The summed E-state index contributed by atoms with van der Waals surface area (Å²) in [5.74, 6) is -0.732. The lowest BCUT2D eigenvalue weighted by molar-refractivity contribution is -0.384. The molecule has 1 aromatic carbocycles. The number of rotatable bonds is 6. The number of hydrogen-bond acceptors (Lipinski definition) is 8. The molecule has 0 spiro atoms. The van der Waals surface area contributed by atoms with E-state index in [9.17, 15) is 24.5 Å². The molecule has 0 aliphatic rings. The van der Waals surface area contributed by atoms with Crippen LogP contribution in [-0.2, 0) is 14.3 Å². The van der Waals surface area contributed by atoms with Crippen LogP contribution >= 0.6 is 0 Å². The minimum Gasteiger partial charge on any atom is -0.467 e. The van der Waals surface area contributed by atoms with Crippen molar-refractivity contribution >= 4 is 23.8 Å². The zero-order chi connectivity index (χ0) is 20.6. The predicted octanol–water partition coefficient (Wildman–Crippen LogP) is 1.75. The normalized spacial score (nSPS) is 11.7. The van der Waals surface area contributed by atoms with Crippen LogP contribution < -0.4 is 15.4 Å². The van der Waals surface area contributed by atoms with E-state index in [1.54, 1.807) is 20.8 Å². The summed E-state index contributed by atoms with van der Waals surface area (Å²) in [4.78, 5) is 45.3. The number of methoxy groups -OCH3 is 1. The fourth-order valence-electron chi connectivity index (χ4n) is 1.75. The van der Waals surface area contributed by atoms with E-state index < -0.39 is 34.7 Å². The van der Waals surface area contributed by atoms with E-state index >= 15 is 0 Å². The SMILES string of the molecule is COC(=O)[C@H](CNC(=O)Oc1ccc([N+](=O)[O-])cc1)NC(=O)OC(C)(C)C. The fourth-order valence-corrected chi connectivity index (χ4v) is 1.75. The largest absolute Gasteiger partial charge is 0.467 e. The van der Waals surface area contributed by atoms with Crippen molar-refractivity contribution in [1.82, 2.24) is 10.6 Å². The van der Waals surface area contributed by atoms with Crippen molar-refractivity contribution in [2.75, 3.05) is 13.7 Å². The van der Waals surface area contributed by atoms with Crippen LogP contribution in [0.25, 0.3) is 0 Å². The van der Waals surface area contributed by atoms with Gasteiger partial charge in [0.1, 0.15) is 17.4 Å². The summed E-state index contributed by atoms with van der Waals surface area (Å²) in [6.45, 7) is 4.64. The maximum Gasteiger partial charge on any atom is 0.412 e. The number of non-ortho nitro benzene ring substituents is 1. The van der Waals surface area contributed by atoms with Crippen molar-refractivity contribution in [3.63, 3.8) is 0 Å². The fraction of sp³-hybridized carbons (Fsp3) is 0.438. The third-order valence-corrected chi connectivity index (χ3v) is 2.89. The number of nitrogens with one attached hydrogen (secondary N) is 2. The molecule has 0 fully saturated rings. The van der Waals surface area contributed by atoms with E-state index in [4.69, 9.17) is 9.47 Å². The monoisotopic (exact) mass is 383 g/mol. The summed E-state index contributed by atoms with van der Waals surface area (Å²) in [6.07, 6.45) is -1.79. The molecule has 11 heteroatoms. The van der Waals surface area contributed by atoms with E-state index in [2.05, 4.69) is 15.4 Å². The number of hydrogen-bond donors (Lipinski definition) is 2. The van der Waals surface area contributed by atoms with Gasteiger partial charge in [0.05, 0.1) is 18.6 Å². The average molecular weight is 383 g/mol. The van der Waals surface area contributed by atoms with Gasteiger partial charge in [0.15, 0.2) is 0 Å². The first-order valence-corrected chi connectivity index (χ1v) is 7.79. The zero-order valence-corrected chi connectivity index (χ0v) is 15.3. The molecular formula is C16H21N3O8. The first-order valence-electron chi connectivity index (χ1n) is 7.79. The van der Waals surface area contributed by atoms with Crippen molar-refractivity contribution in [2.24, 2.45) is 0 Å². The molecule has 148 valence electrons. The van der Waals surface area contributed by atoms with E-state index in [1.165, 1.54) is 24.3 Å². The van der Waals surface area contributed by atoms with E-state index in [1.807, 2.05) is 0 Å². The zero-order valence-electron chi connectivity index (χ0n) is 15.3. The number of amides is 2. The van der Waals surface area contributed by atoms with Crippen LogP contribution in [0.3, 0.4) is 0 Å². The molecule has 2 N–H and O–H groups in total. The van der Waals surface area contributed by atoms with Gasteiger partial charge in [-0.3, -0.25) is 10.1 Å². The Hall–Kier alpha value is -3.37. The summed E-state index contributed by atoms with van der Waals surface area (Å²) >= 11 is 0. The molecular weight excluding hydrogens is 362 g/mol. The molecule has 0 unspecified atom stereocenters. The van der Waals surface area contributed by atoms with Crippen LogP contribution in [0.2, 0.25) is 0 Å². The highest BCUT2D eigenvalue weighted by atomic mass is 16.6. The molecule has 0 aliphatic heterocycles. The number of carbonyl (C=O) groups is 3. The first kappa shape index (κ1) is 21.7. The highest BCUT2D eigenvalue weighted by Gasteiger charge is 2.25. The Morgan fingerprint density at radius 1 is 1.15 bits per heavy atom. The predicted molar refractivity (Wildman–Crippen MR) is 92.3 cm³/mol. The topological polar surface area (TPSA) is 146 Å². The lowest BCUT2D eigenvalue weighted by Gasteiger charge is -2.22. The quantitative estimate of drug-likeness (QED) is 0.429. The van der Waals surface area contributed by atoms with E-state index in [0.717, 1.165) is 7.11 Å². The van der Waals surface area contributed by atoms with Gasteiger partial charge < -0.3 is 24.8 Å². The van der Waals surface area contributed by atoms with Gasteiger partial charge in [-0.15, -0.1) is 0 Å². The van der Waals surface area contributed by atoms with Gasteiger partial charge in [-0.2, -0.15) is 0 Å². The number of esters is 1. The highest BCUT2D eigenvalue weighted by Crippen LogP contribution is 2.17. The van der Waals surface area contributed by atoms with Gasteiger partial charge >= 0.3 is 18.2 Å². The number of nitro groups is 1. The Balaban J connectivity index is 2.61. The Morgan fingerprint density at radius 3 is 2.22 bits per heavy atom. The third kappa shape index (κ3) is 8.03. The molecule has 27 heavy (non-hydrogen) atoms. The number of benzene rings is 1. The number of carbonyl (C=O) groups excluding carboxylic acids is 3. The van der Waals surface area contributed by atoms with Gasteiger partial charge in [-0.05, 0) is 32.9 Å². The lowest BCUT2D eigenvalue weighted by atomic mass is 10.2. The van der Waals surface area contributed by atoms with Crippen molar-refractivity contribution in [3.8, 4) is 5.75 Å². The van der Waals surface area contributed by atoms with Crippen LogP contribution in [0.1, 0.15) is 20.8 Å². The van der Waals surface area contributed by atoms with Crippen molar-refractivity contribution in [1.29, 1.82) is 0 Å². The second-order valence-corrected chi connectivity index (χ2v) is 6.24. The molecule has 0 heterocycles. The van der Waals surface area contributed by atoms with Gasteiger partial charge in [0.25, 0.3) is 5.69 Å². The second kappa shape index (κ2) is 9.36. The molecule has 0 aromatic heterocycles. The minimum atomic E-state index is -1.20. The molecule has 0 bridgehead atoms. The van der Waals surface area contributed by atoms with Crippen LogP contribution in [-0.4, -0.2) is 48.4 Å². The molecule has 1 rings (SSSR count).